The summed E-state index contributed by atoms with van der Waals surface area (Å²) in [6.45, 7) is 1.43. The maximum Gasteiger partial charge on any atom is 0.221 e. The predicted octanol–water partition coefficient (Wildman–Crippen LogP) is 1.82. The van der Waals surface area contributed by atoms with Crippen molar-refractivity contribution in [3.05, 3.63) is 48.5 Å². The van der Waals surface area contributed by atoms with Crippen molar-refractivity contribution in [2.24, 2.45) is 0 Å². The molecule has 1 aliphatic heterocycles. The van der Waals surface area contributed by atoms with Crippen molar-refractivity contribution >= 4 is 15.7 Å². The predicted molar refractivity (Wildman–Crippen MR) is 99.0 cm³/mol. The lowest BCUT2D eigenvalue weighted by molar-refractivity contribution is -0.120. The zero-order valence-electron chi connectivity index (χ0n) is 14.7. The molecule has 0 radical (unpaired) electrons. The van der Waals surface area contributed by atoms with Crippen molar-refractivity contribution in [1.29, 1.82) is 0 Å². The fraction of sp³-hybridized carbons (Fsp3) is 0.316. The molecule has 0 aromatic heterocycles. The van der Waals surface area contributed by atoms with Gasteiger partial charge in [-0.25, -0.2) is 8.42 Å². The topological polar surface area (TPSA) is 90.9 Å². The number of carbonyl (C=O) groups is 1. The third-order valence-corrected chi connectivity index (χ3v) is 5.62. The van der Waals surface area contributed by atoms with Gasteiger partial charge in [-0.3, -0.25) is 4.79 Å². The summed E-state index contributed by atoms with van der Waals surface area (Å²) in [6.07, 6.45) is -0.123. The highest BCUT2D eigenvalue weighted by atomic mass is 32.2. The van der Waals surface area contributed by atoms with Crippen LogP contribution in [0.3, 0.4) is 0 Å². The first kappa shape index (κ1) is 19.0. The van der Waals surface area contributed by atoms with Gasteiger partial charge < -0.3 is 19.5 Å². The number of hydrogen-bond acceptors (Lipinski definition) is 6. The maximum atomic E-state index is 12.4. The molecule has 0 unspecified atom stereocenters. The third-order valence-electron chi connectivity index (χ3n) is 3.91. The Kier molecular flexibility index (Phi) is 6.18. The minimum absolute atomic E-state index is 0.118. The van der Waals surface area contributed by atoms with Crippen LogP contribution in [0.5, 0.6) is 17.2 Å². The number of sulfone groups is 1. The second-order valence-corrected chi connectivity index (χ2v) is 7.99. The molecule has 1 aliphatic rings. The van der Waals surface area contributed by atoms with Crippen molar-refractivity contribution in [3.8, 4) is 17.2 Å². The van der Waals surface area contributed by atoms with E-state index in [1.165, 1.54) is 12.1 Å². The summed E-state index contributed by atoms with van der Waals surface area (Å²) in [6, 6.07) is 13.7. The number of hydrogen-bond donors (Lipinski definition) is 1. The first-order valence-corrected chi connectivity index (χ1v) is 10.3. The summed E-state index contributed by atoms with van der Waals surface area (Å²) < 4.78 is 41.1. The number of rotatable bonds is 8. The molecule has 0 spiro atoms. The molecule has 1 heterocycles. The van der Waals surface area contributed by atoms with E-state index in [1.807, 2.05) is 30.3 Å². The van der Waals surface area contributed by atoms with Crippen LogP contribution in [0, 0.1) is 0 Å². The number of nitrogens with one attached hydrogen (secondary N) is 1. The van der Waals surface area contributed by atoms with E-state index in [-0.39, 0.29) is 23.0 Å². The lowest BCUT2D eigenvalue weighted by atomic mass is 10.3. The fourth-order valence-corrected chi connectivity index (χ4v) is 3.78. The smallest absolute Gasteiger partial charge is 0.221 e. The molecule has 1 N–H and O–H groups in total. The van der Waals surface area contributed by atoms with E-state index < -0.39 is 9.84 Å². The molecule has 0 aliphatic carbocycles. The summed E-state index contributed by atoms with van der Waals surface area (Å²) >= 11 is 0. The van der Waals surface area contributed by atoms with Gasteiger partial charge in [0.05, 0.1) is 17.2 Å². The quantitative estimate of drug-likeness (QED) is 0.691. The van der Waals surface area contributed by atoms with E-state index in [1.54, 1.807) is 6.07 Å². The molecule has 0 bridgehead atoms. The molecular formula is C19H21NO6S. The van der Waals surface area contributed by atoms with Gasteiger partial charge in [0, 0.05) is 12.5 Å². The van der Waals surface area contributed by atoms with Gasteiger partial charge in [0.1, 0.15) is 25.6 Å². The Morgan fingerprint density at radius 2 is 1.78 bits per heavy atom. The summed E-state index contributed by atoms with van der Waals surface area (Å²) in [5.74, 6) is 1.03. The Balaban J connectivity index is 1.45. The van der Waals surface area contributed by atoms with Gasteiger partial charge in [-0.1, -0.05) is 18.2 Å². The van der Waals surface area contributed by atoms with Crippen LogP contribution in [0.15, 0.2) is 53.4 Å². The lowest BCUT2D eigenvalue weighted by Gasteiger charge is -2.18. The molecule has 144 valence electrons. The molecule has 3 rings (SSSR count). The number of benzene rings is 2. The highest BCUT2D eigenvalue weighted by Crippen LogP contribution is 2.32. The Hall–Kier alpha value is -2.74. The van der Waals surface area contributed by atoms with Gasteiger partial charge in [0.15, 0.2) is 21.3 Å². The molecular weight excluding hydrogens is 370 g/mol. The largest absolute Gasteiger partial charge is 0.492 e. The minimum Gasteiger partial charge on any atom is -0.492 e. The molecule has 8 heteroatoms. The van der Waals surface area contributed by atoms with Crippen LogP contribution in [-0.2, 0) is 14.6 Å². The summed E-state index contributed by atoms with van der Waals surface area (Å²) in [5, 5.41) is 2.65. The molecule has 0 saturated heterocycles. The molecule has 0 atom stereocenters. The molecule has 0 saturated carbocycles. The van der Waals surface area contributed by atoms with E-state index in [2.05, 4.69) is 5.32 Å². The van der Waals surface area contributed by atoms with Crippen LogP contribution < -0.4 is 19.5 Å². The van der Waals surface area contributed by atoms with E-state index in [0.29, 0.717) is 43.6 Å². The Morgan fingerprint density at radius 3 is 2.56 bits per heavy atom. The summed E-state index contributed by atoms with van der Waals surface area (Å²) in [5.41, 5.74) is 0. The van der Waals surface area contributed by atoms with Gasteiger partial charge in [0.2, 0.25) is 5.91 Å². The molecule has 1 amide bonds. The average molecular weight is 391 g/mol. The second kappa shape index (κ2) is 8.77. The van der Waals surface area contributed by atoms with Gasteiger partial charge in [-0.15, -0.1) is 0 Å². The van der Waals surface area contributed by atoms with E-state index in [4.69, 9.17) is 14.2 Å². The summed E-state index contributed by atoms with van der Waals surface area (Å²) in [7, 11) is -3.59. The number of fused-ring (bicyclic) bond motifs is 1. The highest BCUT2D eigenvalue weighted by Gasteiger charge is 2.20. The van der Waals surface area contributed by atoms with Crippen LogP contribution in [0.4, 0.5) is 0 Å². The van der Waals surface area contributed by atoms with Crippen LogP contribution in [-0.4, -0.2) is 46.4 Å². The number of amides is 1. The van der Waals surface area contributed by atoms with Crippen LogP contribution in [0.1, 0.15) is 6.42 Å². The maximum absolute atomic E-state index is 12.4. The van der Waals surface area contributed by atoms with Gasteiger partial charge in [-0.05, 0) is 24.3 Å². The van der Waals surface area contributed by atoms with Crippen molar-refractivity contribution in [2.75, 3.05) is 32.1 Å². The minimum atomic E-state index is -3.59. The second-order valence-electron chi connectivity index (χ2n) is 5.89. The lowest BCUT2D eigenvalue weighted by Crippen LogP contribution is -2.29. The van der Waals surface area contributed by atoms with Gasteiger partial charge in [0.25, 0.3) is 0 Å². The van der Waals surface area contributed by atoms with Crippen molar-refractivity contribution in [3.63, 3.8) is 0 Å². The van der Waals surface area contributed by atoms with E-state index >= 15 is 0 Å². The molecule has 0 fully saturated rings. The SMILES string of the molecule is O=C(CCS(=O)(=O)c1ccc2c(c1)OCCO2)NCCOc1ccccc1. The van der Waals surface area contributed by atoms with Crippen molar-refractivity contribution < 1.29 is 27.4 Å². The third kappa shape index (κ3) is 5.37. The Morgan fingerprint density at radius 1 is 1.04 bits per heavy atom. The highest BCUT2D eigenvalue weighted by molar-refractivity contribution is 7.91. The number of carbonyl (C=O) groups excluding carboxylic acids is 1. The molecule has 7 nitrogen and oxygen atoms in total. The molecule has 27 heavy (non-hydrogen) atoms. The monoisotopic (exact) mass is 391 g/mol. The van der Waals surface area contributed by atoms with Crippen LogP contribution in [0.25, 0.3) is 0 Å². The Bertz CT molecular complexity index is 882. The fourth-order valence-electron chi connectivity index (χ4n) is 2.53. The molecule has 2 aromatic rings. The summed E-state index contributed by atoms with van der Waals surface area (Å²) in [4.78, 5) is 12.0. The van der Waals surface area contributed by atoms with Gasteiger partial charge >= 0.3 is 0 Å². The Labute approximate surface area is 158 Å². The zero-order valence-corrected chi connectivity index (χ0v) is 15.5. The first-order valence-electron chi connectivity index (χ1n) is 8.61. The number of ether oxygens (including phenoxy) is 3. The standard InChI is InChI=1S/C19H21NO6S/c21-19(20-9-10-24-15-4-2-1-3-5-15)8-13-27(22,23)16-6-7-17-18(14-16)26-12-11-25-17/h1-7,14H,8-13H2,(H,20,21). The zero-order chi connectivity index (χ0) is 19.1. The average Bonchev–Trinajstić information content (AvgIpc) is 2.70. The van der Waals surface area contributed by atoms with E-state index in [0.717, 1.165) is 0 Å². The first-order chi connectivity index (χ1) is 13.0. The molecule has 2 aromatic carbocycles. The van der Waals surface area contributed by atoms with Crippen LogP contribution >= 0.6 is 0 Å². The number of para-hydroxylation sites is 1. The van der Waals surface area contributed by atoms with E-state index in [9.17, 15) is 13.2 Å². The van der Waals surface area contributed by atoms with Crippen molar-refractivity contribution in [2.45, 2.75) is 11.3 Å². The van der Waals surface area contributed by atoms with Crippen molar-refractivity contribution in [1.82, 2.24) is 5.32 Å². The van der Waals surface area contributed by atoms with Crippen LogP contribution in [0.2, 0.25) is 0 Å². The van der Waals surface area contributed by atoms with Gasteiger partial charge in [-0.2, -0.15) is 0 Å². The normalized spacial score (nSPS) is 13.0.